The molecular weight excluding hydrogens is 168 g/mol. The second kappa shape index (κ2) is 4.51. The molecule has 0 aromatic heterocycles. The lowest BCUT2D eigenvalue weighted by Gasteiger charge is -2.34. The van der Waals surface area contributed by atoms with E-state index in [0.717, 1.165) is 11.8 Å². The lowest BCUT2D eigenvalue weighted by molar-refractivity contribution is 0.218. The van der Waals surface area contributed by atoms with Gasteiger partial charge in [0.15, 0.2) is 0 Å². The van der Waals surface area contributed by atoms with Crippen molar-refractivity contribution in [3.63, 3.8) is 0 Å². The summed E-state index contributed by atoms with van der Waals surface area (Å²) in [7, 11) is 0. The first-order valence-corrected chi connectivity index (χ1v) is 6.14. The molecular formula is C14H26. The van der Waals surface area contributed by atoms with E-state index in [0.29, 0.717) is 5.41 Å². The largest absolute Gasteiger partial charge is 0.0848 e. The fourth-order valence-electron chi connectivity index (χ4n) is 2.35. The molecule has 0 aliphatic heterocycles. The van der Waals surface area contributed by atoms with E-state index in [1.807, 2.05) is 0 Å². The molecule has 82 valence electrons. The van der Waals surface area contributed by atoms with Crippen molar-refractivity contribution in [1.82, 2.24) is 0 Å². The third kappa shape index (κ3) is 2.87. The first-order valence-electron chi connectivity index (χ1n) is 6.14. The normalized spacial score (nSPS) is 25.8. The molecule has 0 fully saturated rings. The predicted octanol–water partition coefficient (Wildman–Crippen LogP) is 4.81. The molecule has 0 heteroatoms. The Labute approximate surface area is 89.8 Å². The fourth-order valence-corrected chi connectivity index (χ4v) is 2.35. The highest BCUT2D eigenvalue weighted by Crippen LogP contribution is 2.38. The molecule has 0 N–H and O–H groups in total. The number of hydrogen-bond donors (Lipinski definition) is 0. The molecule has 0 spiro atoms. The van der Waals surface area contributed by atoms with Gasteiger partial charge in [-0.3, -0.25) is 0 Å². The second-order valence-corrected chi connectivity index (χ2v) is 5.93. The van der Waals surface area contributed by atoms with Crippen LogP contribution in [0.4, 0.5) is 0 Å². The summed E-state index contributed by atoms with van der Waals surface area (Å²) in [5.74, 6) is 1.71. The maximum atomic E-state index is 2.52. The van der Waals surface area contributed by atoms with Crippen LogP contribution >= 0.6 is 0 Å². The van der Waals surface area contributed by atoms with Crippen molar-refractivity contribution in [2.24, 2.45) is 17.3 Å². The van der Waals surface area contributed by atoms with Crippen molar-refractivity contribution >= 4 is 0 Å². The molecule has 2 unspecified atom stereocenters. The van der Waals surface area contributed by atoms with Gasteiger partial charge in [-0.1, -0.05) is 46.3 Å². The predicted molar refractivity (Wildman–Crippen MR) is 64.3 cm³/mol. The van der Waals surface area contributed by atoms with E-state index in [2.05, 4.69) is 40.7 Å². The highest BCUT2D eigenvalue weighted by molar-refractivity contribution is 5.10. The Morgan fingerprint density at radius 1 is 1.43 bits per heavy atom. The zero-order valence-corrected chi connectivity index (χ0v) is 10.6. The Bertz CT molecular complexity index is 205. The van der Waals surface area contributed by atoms with Crippen LogP contribution in [0.2, 0.25) is 0 Å². The highest BCUT2D eigenvalue weighted by Gasteiger charge is 2.26. The van der Waals surface area contributed by atoms with Crippen LogP contribution in [-0.4, -0.2) is 0 Å². The van der Waals surface area contributed by atoms with Gasteiger partial charge in [-0.25, -0.2) is 0 Å². The first kappa shape index (κ1) is 11.8. The Hall–Kier alpha value is -0.260. The van der Waals surface area contributed by atoms with Crippen LogP contribution < -0.4 is 0 Å². The lowest BCUT2D eigenvalue weighted by Crippen LogP contribution is -2.23. The van der Waals surface area contributed by atoms with E-state index in [9.17, 15) is 0 Å². The van der Waals surface area contributed by atoms with Crippen molar-refractivity contribution in [2.45, 2.75) is 60.3 Å². The Morgan fingerprint density at radius 2 is 2.07 bits per heavy atom. The van der Waals surface area contributed by atoms with Gasteiger partial charge in [0.05, 0.1) is 0 Å². The van der Waals surface area contributed by atoms with Gasteiger partial charge in [0.1, 0.15) is 0 Å². The summed E-state index contributed by atoms with van der Waals surface area (Å²) in [5.41, 5.74) is 2.21. The second-order valence-electron chi connectivity index (χ2n) is 5.93. The van der Waals surface area contributed by atoms with E-state index >= 15 is 0 Å². The van der Waals surface area contributed by atoms with Gasteiger partial charge in [0, 0.05) is 0 Å². The molecule has 0 nitrogen and oxygen atoms in total. The molecule has 0 aromatic rings. The van der Waals surface area contributed by atoms with Gasteiger partial charge in [-0.15, -0.1) is 0 Å². The Morgan fingerprint density at radius 3 is 2.43 bits per heavy atom. The summed E-state index contributed by atoms with van der Waals surface area (Å²) in [4.78, 5) is 0. The molecule has 0 saturated carbocycles. The molecule has 1 aliphatic rings. The monoisotopic (exact) mass is 194 g/mol. The summed E-state index contributed by atoms with van der Waals surface area (Å²) in [6, 6.07) is 0. The van der Waals surface area contributed by atoms with Crippen LogP contribution in [-0.2, 0) is 0 Å². The maximum Gasteiger partial charge on any atom is -0.0234 e. The van der Waals surface area contributed by atoms with E-state index in [4.69, 9.17) is 0 Å². The van der Waals surface area contributed by atoms with Gasteiger partial charge in [0.2, 0.25) is 0 Å². The highest BCUT2D eigenvalue weighted by atomic mass is 14.3. The number of allylic oxidation sites excluding steroid dienone is 2. The molecule has 1 rings (SSSR count). The third-order valence-electron chi connectivity index (χ3n) is 3.92. The van der Waals surface area contributed by atoms with Gasteiger partial charge >= 0.3 is 0 Å². The van der Waals surface area contributed by atoms with Crippen molar-refractivity contribution < 1.29 is 0 Å². The summed E-state index contributed by atoms with van der Waals surface area (Å²) >= 11 is 0. The molecule has 0 amide bonds. The van der Waals surface area contributed by atoms with Crippen LogP contribution in [0.3, 0.4) is 0 Å². The zero-order valence-electron chi connectivity index (χ0n) is 10.6. The number of rotatable bonds is 2. The number of hydrogen-bond acceptors (Lipinski definition) is 0. The van der Waals surface area contributed by atoms with Crippen molar-refractivity contribution in [3.8, 4) is 0 Å². The van der Waals surface area contributed by atoms with Crippen LogP contribution in [0.5, 0.6) is 0 Å². The SMILES string of the molecule is CCC(C)C1=CCC(C(C)(C)C)CC1. The minimum Gasteiger partial charge on any atom is -0.0848 e. The molecule has 0 heterocycles. The third-order valence-corrected chi connectivity index (χ3v) is 3.92. The van der Waals surface area contributed by atoms with Crippen molar-refractivity contribution in [2.75, 3.05) is 0 Å². The summed E-state index contributed by atoms with van der Waals surface area (Å²) in [6.07, 6.45) is 7.87. The minimum absolute atomic E-state index is 0.498. The van der Waals surface area contributed by atoms with Gasteiger partial charge in [-0.05, 0) is 42.9 Å². The molecule has 14 heavy (non-hydrogen) atoms. The van der Waals surface area contributed by atoms with Crippen molar-refractivity contribution in [1.29, 1.82) is 0 Å². The molecule has 0 radical (unpaired) electrons. The molecule has 1 aliphatic carbocycles. The van der Waals surface area contributed by atoms with Crippen LogP contribution in [0.15, 0.2) is 11.6 Å². The van der Waals surface area contributed by atoms with Crippen molar-refractivity contribution in [3.05, 3.63) is 11.6 Å². The van der Waals surface area contributed by atoms with E-state index in [-0.39, 0.29) is 0 Å². The van der Waals surface area contributed by atoms with E-state index < -0.39 is 0 Å². The summed E-state index contributed by atoms with van der Waals surface area (Å²) in [5, 5.41) is 0. The van der Waals surface area contributed by atoms with E-state index in [1.54, 1.807) is 5.57 Å². The maximum absolute atomic E-state index is 2.52. The quantitative estimate of drug-likeness (QED) is 0.554. The molecule has 0 saturated heterocycles. The van der Waals surface area contributed by atoms with Gasteiger partial charge < -0.3 is 0 Å². The average molecular weight is 194 g/mol. The summed E-state index contributed by atoms with van der Waals surface area (Å²) in [6.45, 7) is 11.8. The molecule has 0 aromatic carbocycles. The zero-order chi connectivity index (χ0) is 10.8. The van der Waals surface area contributed by atoms with Crippen LogP contribution in [0.25, 0.3) is 0 Å². The first-order chi connectivity index (χ1) is 6.45. The van der Waals surface area contributed by atoms with Gasteiger partial charge in [-0.2, -0.15) is 0 Å². The molecule has 2 atom stereocenters. The topological polar surface area (TPSA) is 0 Å². The lowest BCUT2D eigenvalue weighted by atomic mass is 9.71. The Kier molecular flexibility index (Phi) is 3.80. The molecule has 0 bridgehead atoms. The fraction of sp³-hybridized carbons (Fsp3) is 0.857. The average Bonchev–Trinajstić information content (AvgIpc) is 2.15. The van der Waals surface area contributed by atoms with Crippen LogP contribution in [0.1, 0.15) is 60.3 Å². The van der Waals surface area contributed by atoms with Gasteiger partial charge in [0.25, 0.3) is 0 Å². The minimum atomic E-state index is 0.498. The smallest absolute Gasteiger partial charge is 0.0234 e. The summed E-state index contributed by atoms with van der Waals surface area (Å²) < 4.78 is 0. The standard InChI is InChI=1S/C14H26/c1-6-11(2)12-7-9-13(10-8-12)14(3,4)5/h7,11,13H,6,8-10H2,1-5H3. The van der Waals surface area contributed by atoms with E-state index in [1.165, 1.54) is 25.7 Å². The van der Waals surface area contributed by atoms with Crippen LogP contribution in [0, 0.1) is 17.3 Å². The Balaban J connectivity index is 2.55.